The molecule has 2 atom stereocenters. The summed E-state index contributed by atoms with van der Waals surface area (Å²) in [4.78, 5) is 35.3. The Hall–Kier alpha value is -2.57. The fourth-order valence-electron chi connectivity index (χ4n) is 1.86. The van der Waals surface area contributed by atoms with Gasteiger partial charge in [0.25, 0.3) is 5.91 Å². The van der Waals surface area contributed by atoms with Gasteiger partial charge in [-0.2, -0.15) is 0 Å². The average molecular weight is 323 g/mol. The van der Waals surface area contributed by atoms with Gasteiger partial charge in [0.2, 0.25) is 0 Å². The van der Waals surface area contributed by atoms with Crippen molar-refractivity contribution in [3.8, 4) is 5.75 Å². The first-order valence-electron chi connectivity index (χ1n) is 7.22. The molecule has 2 N–H and O–H groups in total. The van der Waals surface area contributed by atoms with Crippen LogP contribution in [0.3, 0.4) is 0 Å². The fraction of sp³-hybridized carbons (Fsp3) is 0.438. The summed E-state index contributed by atoms with van der Waals surface area (Å²) in [5, 5.41) is 11.8. The predicted octanol–water partition coefficient (Wildman–Crippen LogP) is 1.25. The second-order valence-electron chi connectivity index (χ2n) is 5.08. The standard InChI is InChI=1S/C16H21NO6/c1-4-10(2)14(16(21)22-3)17-13(19)9-23-15(20)11-6-5-7-12(18)8-11/h5-8,10,14,18H,4,9H2,1-3H3,(H,17,19). The molecule has 0 aliphatic rings. The van der Waals surface area contributed by atoms with E-state index in [-0.39, 0.29) is 17.2 Å². The maximum absolute atomic E-state index is 11.9. The van der Waals surface area contributed by atoms with Crippen molar-refractivity contribution in [2.24, 2.45) is 5.92 Å². The molecule has 1 aromatic carbocycles. The van der Waals surface area contributed by atoms with E-state index in [2.05, 4.69) is 10.1 Å². The van der Waals surface area contributed by atoms with Gasteiger partial charge in [-0.25, -0.2) is 9.59 Å². The highest BCUT2D eigenvalue weighted by molar-refractivity contribution is 5.92. The summed E-state index contributed by atoms with van der Waals surface area (Å²) in [6.45, 7) is 3.16. The van der Waals surface area contributed by atoms with Crippen molar-refractivity contribution < 1.29 is 29.0 Å². The van der Waals surface area contributed by atoms with Crippen molar-refractivity contribution in [1.82, 2.24) is 5.32 Å². The number of hydrogen-bond acceptors (Lipinski definition) is 6. The third-order valence-corrected chi connectivity index (χ3v) is 3.40. The van der Waals surface area contributed by atoms with Crippen LogP contribution in [-0.4, -0.2) is 42.7 Å². The van der Waals surface area contributed by atoms with E-state index in [4.69, 9.17) is 4.74 Å². The summed E-state index contributed by atoms with van der Waals surface area (Å²) >= 11 is 0. The molecule has 0 aromatic heterocycles. The number of methoxy groups -OCH3 is 1. The molecule has 0 aliphatic carbocycles. The Balaban J connectivity index is 2.58. The van der Waals surface area contributed by atoms with Crippen LogP contribution in [0.15, 0.2) is 24.3 Å². The van der Waals surface area contributed by atoms with E-state index in [1.54, 1.807) is 6.92 Å². The van der Waals surface area contributed by atoms with Gasteiger partial charge in [-0.3, -0.25) is 4.79 Å². The number of amides is 1. The van der Waals surface area contributed by atoms with E-state index >= 15 is 0 Å². The molecule has 0 aliphatic heterocycles. The van der Waals surface area contributed by atoms with Crippen LogP contribution in [0.25, 0.3) is 0 Å². The fourth-order valence-corrected chi connectivity index (χ4v) is 1.86. The van der Waals surface area contributed by atoms with Crippen LogP contribution in [0.2, 0.25) is 0 Å². The summed E-state index contributed by atoms with van der Waals surface area (Å²) in [7, 11) is 1.24. The normalized spacial score (nSPS) is 12.8. The van der Waals surface area contributed by atoms with Crippen LogP contribution >= 0.6 is 0 Å². The Kier molecular flexibility index (Phi) is 7.05. The highest BCUT2D eigenvalue weighted by Crippen LogP contribution is 2.12. The number of hydrogen-bond donors (Lipinski definition) is 2. The largest absolute Gasteiger partial charge is 0.508 e. The zero-order valence-electron chi connectivity index (χ0n) is 13.4. The van der Waals surface area contributed by atoms with Crippen molar-refractivity contribution in [2.45, 2.75) is 26.3 Å². The molecule has 0 saturated heterocycles. The maximum Gasteiger partial charge on any atom is 0.338 e. The number of phenolic OH excluding ortho intramolecular Hbond substituents is 1. The Morgan fingerprint density at radius 1 is 1.30 bits per heavy atom. The lowest BCUT2D eigenvalue weighted by Gasteiger charge is -2.21. The monoisotopic (exact) mass is 323 g/mol. The van der Waals surface area contributed by atoms with Gasteiger partial charge in [0.15, 0.2) is 6.61 Å². The topological polar surface area (TPSA) is 102 Å². The summed E-state index contributed by atoms with van der Waals surface area (Å²) in [5.41, 5.74) is 0.129. The van der Waals surface area contributed by atoms with Gasteiger partial charge in [-0.15, -0.1) is 0 Å². The van der Waals surface area contributed by atoms with Gasteiger partial charge in [0.05, 0.1) is 12.7 Å². The molecule has 1 amide bonds. The van der Waals surface area contributed by atoms with Gasteiger partial charge in [-0.1, -0.05) is 26.3 Å². The SMILES string of the molecule is CCC(C)C(NC(=O)COC(=O)c1cccc(O)c1)C(=O)OC. The molecule has 0 bridgehead atoms. The molecule has 0 spiro atoms. The zero-order chi connectivity index (χ0) is 17.4. The summed E-state index contributed by atoms with van der Waals surface area (Å²) in [6.07, 6.45) is 0.670. The number of carbonyl (C=O) groups is 3. The first kappa shape index (κ1) is 18.5. The van der Waals surface area contributed by atoms with Crippen LogP contribution in [0, 0.1) is 5.92 Å². The number of nitrogens with one attached hydrogen (secondary N) is 1. The summed E-state index contributed by atoms with van der Waals surface area (Å²) in [5.74, 6) is -2.09. The van der Waals surface area contributed by atoms with Crippen LogP contribution in [0.5, 0.6) is 5.75 Å². The third kappa shape index (κ3) is 5.61. The molecule has 1 aromatic rings. The predicted molar refractivity (Wildman–Crippen MR) is 81.8 cm³/mol. The van der Waals surface area contributed by atoms with E-state index in [0.717, 1.165) is 0 Å². The zero-order valence-corrected chi connectivity index (χ0v) is 13.4. The second kappa shape index (κ2) is 8.77. The lowest BCUT2D eigenvalue weighted by Crippen LogP contribution is -2.47. The lowest BCUT2D eigenvalue weighted by atomic mass is 9.99. The number of rotatable bonds is 7. The lowest BCUT2D eigenvalue weighted by molar-refractivity contribution is -0.147. The van der Waals surface area contributed by atoms with E-state index in [1.165, 1.54) is 31.4 Å². The number of benzene rings is 1. The van der Waals surface area contributed by atoms with Crippen LogP contribution in [0.4, 0.5) is 0 Å². The molecule has 0 radical (unpaired) electrons. The maximum atomic E-state index is 11.9. The molecular formula is C16H21NO6. The highest BCUT2D eigenvalue weighted by Gasteiger charge is 2.27. The van der Waals surface area contributed by atoms with Gasteiger partial charge in [0.1, 0.15) is 11.8 Å². The molecular weight excluding hydrogens is 302 g/mol. The Morgan fingerprint density at radius 2 is 2.00 bits per heavy atom. The summed E-state index contributed by atoms with van der Waals surface area (Å²) in [6, 6.07) is 4.79. The quantitative estimate of drug-likeness (QED) is 0.732. The van der Waals surface area contributed by atoms with Crippen molar-refractivity contribution in [2.75, 3.05) is 13.7 Å². The molecule has 0 fully saturated rings. The first-order valence-corrected chi connectivity index (χ1v) is 7.22. The molecule has 7 nitrogen and oxygen atoms in total. The average Bonchev–Trinajstić information content (AvgIpc) is 2.56. The van der Waals surface area contributed by atoms with Crippen molar-refractivity contribution in [3.05, 3.63) is 29.8 Å². The Labute approximate surface area is 134 Å². The summed E-state index contributed by atoms with van der Waals surface area (Å²) < 4.78 is 9.51. The smallest absolute Gasteiger partial charge is 0.338 e. The molecule has 7 heteroatoms. The first-order chi connectivity index (χ1) is 10.9. The number of ether oxygens (including phenoxy) is 2. The van der Waals surface area contributed by atoms with E-state index in [9.17, 15) is 19.5 Å². The molecule has 126 valence electrons. The van der Waals surface area contributed by atoms with Gasteiger partial charge < -0.3 is 19.9 Å². The van der Waals surface area contributed by atoms with Crippen molar-refractivity contribution in [3.63, 3.8) is 0 Å². The Bertz CT molecular complexity index is 571. The third-order valence-electron chi connectivity index (χ3n) is 3.40. The minimum absolute atomic E-state index is 0.0774. The number of phenols is 1. The van der Waals surface area contributed by atoms with E-state index in [1.807, 2.05) is 6.92 Å². The highest BCUT2D eigenvalue weighted by atomic mass is 16.5. The van der Waals surface area contributed by atoms with E-state index in [0.29, 0.717) is 6.42 Å². The number of esters is 2. The molecule has 0 heterocycles. The van der Waals surface area contributed by atoms with Gasteiger partial charge in [-0.05, 0) is 24.1 Å². The number of carbonyl (C=O) groups excluding carboxylic acids is 3. The van der Waals surface area contributed by atoms with Crippen molar-refractivity contribution >= 4 is 17.8 Å². The second-order valence-corrected chi connectivity index (χ2v) is 5.08. The van der Waals surface area contributed by atoms with E-state index < -0.39 is 30.5 Å². The number of aromatic hydroxyl groups is 1. The van der Waals surface area contributed by atoms with Gasteiger partial charge in [0, 0.05) is 0 Å². The van der Waals surface area contributed by atoms with Gasteiger partial charge >= 0.3 is 11.9 Å². The minimum Gasteiger partial charge on any atom is -0.508 e. The van der Waals surface area contributed by atoms with Crippen molar-refractivity contribution in [1.29, 1.82) is 0 Å². The molecule has 0 saturated carbocycles. The molecule has 2 unspecified atom stereocenters. The van der Waals surface area contributed by atoms with Crippen LogP contribution in [-0.2, 0) is 19.1 Å². The minimum atomic E-state index is -0.794. The Morgan fingerprint density at radius 3 is 2.57 bits per heavy atom. The molecule has 23 heavy (non-hydrogen) atoms. The van der Waals surface area contributed by atoms with Crippen LogP contribution in [0.1, 0.15) is 30.6 Å². The van der Waals surface area contributed by atoms with Crippen LogP contribution < -0.4 is 5.32 Å². The molecule has 1 rings (SSSR count).